The summed E-state index contributed by atoms with van der Waals surface area (Å²) in [6.07, 6.45) is 1.37. The van der Waals surface area contributed by atoms with Gasteiger partial charge in [-0.25, -0.2) is 0 Å². The summed E-state index contributed by atoms with van der Waals surface area (Å²) >= 11 is 4.26. The van der Waals surface area contributed by atoms with Gasteiger partial charge in [0.05, 0.1) is 6.07 Å². The standard InChI is InChI=1S/C9H9NS/c10-7-3-5-8-4-1-2-6-9(8)11/h1-2,4,6,11H,3,5H2. The molecule has 1 nitrogen and oxygen atoms in total. The van der Waals surface area contributed by atoms with Crippen LogP contribution in [-0.4, -0.2) is 0 Å². The van der Waals surface area contributed by atoms with Crippen molar-refractivity contribution in [3.63, 3.8) is 0 Å². The van der Waals surface area contributed by atoms with Crippen LogP contribution in [-0.2, 0) is 6.42 Å². The van der Waals surface area contributed by atoms with Crippen LogP contribution in [0.4, 0.5) is 0 Å². The zero-order valence-corrected chi connectivity index (χ0v) is 7.01. The molecule has 0 saturated carbocycles. The highest BCUT2D eigenvalue weighted by Gasteiger charge is 1.95. The summed E-state index contributed by atoms with van der Waals surface area (Å²) in [5.74, 6) is 0. The van der Waals surface area contributed by atoms with E-state index in [9.17, 15) is 0 Å². The van der Waals surface area contributed by atoms with Gasteiger partial charge in [0.15, 0.2) is 0 Å². The zero-order chi connectivity index (χ0) is 8.10. The normalized spacial score (nSPS) is 9.09. The summed E-state index contributed by atoms with van der Waals surface area (Å²) in [4.78, 5) is 0.975. The third-order valence-electron chi connectivity index (χ3n) is 1.50. The van der Waals surface area contributed by atoms with Crippen LogP contribution in [0.25, 0.3) is 0 Å². The highest BCUT2D eigenvalue weighted by molar-refractivity contribution is 7.80. The van der Waals surface area contributed by atoms with Crippen LogP contribution >= 0.6 is 12.6 Å². The van der Waals surface area contributed by atoms with Crippen molar-refractivity contribution >= 4 is 12.6 Å². The molecule has 1 aromatic rings. The minimum Gasteiger partial charge on any atom is -0.198 e. The van der Waals surface area contributed by atoms with E-state index in [0.29, 0.717) is 6.42 Å². The van der Waals surface area contributed by atoms with E-state index < -0.39 is 0 Å². The molecule has 0 aromatic heterocycles. The molecule has 0 N–H and O–H groups in total. The van der Waals surface area contributed by atoms with Gasteiger partial charge in [-0.15, -0.1) is 12.6 Å². The van der Waals surface area contributed by atoms with E-state index in [2.05, 4.69) is 18.7 Å². The van der Waals surface area contributed by atoms with E-state index in [0.717, 1.165) is 16.9 Å². The molecule has 0 amide bonds. The maximum atomic E-state index is 8.34. The lowest BCUT2D eigenvalue weighted by molar-refractivity contribution is 0.981. The molecule has 1 rings (SSSR count). The summed E-state index contributed by atoms with van der Waals surface area (Å²) in [5, 5.41) is 8.34. The van der Waals surface area contributed by atoms with Gasteiger partial charge in [-0.3, -0.25) is 0 Å². The highest BCUT2D eigenvalue weighted by Crippen LogP contribution is 2.13. The maximum Gasteiger partial charge on any atom is 0.0625 e. The predicted octanol–water partition coefficient (Wildman–Crippen LogP) is 2.43. The molecule has 0 atom stereocenters. The van der Waals surface area contributed by atoms with Gasteiger partial charge in [0.25, 0.3) is 0 Å². The molecule has 0 aliphatic carbocycles. The summed E-state index contributed by atoms with van der Waals surface area (Å²) in [6.45, 7) is 0. The van der Waals surface area contributed by atoms with E-state index in [1.807, 2.05) is 24.3 Å². The molecule has 0 unspecified atom stereocenters. The Hall–Kier alpha value is -0.940. The molecule has 0 radical (unpaired) electrons. The summed E-state index contributed by atoms with van der Waals surface area (Å²) in [7, 11) is 0. The average Bonchev–Trinajstić information content (AvgIpc) is 2.03. The van der Waals surface area contributed by atoms with Crippen LogP contribution in [0.2, 0.25) is 0 Å². The van der Waals surface area contributed by atoms with Crippen molar-refractivity contribution in [3.8, 4) is 6.07 Å². The Morgan fingerprint density at radius 2 is 2.09 bits per heavy atom. The quantitative estimate of drug-likeness (QED) is 0.665. The molecule has 0 heterocycles. The van der Waals surface area contributed by atoms with Crippen LogP contribution in [0.3, 0.4) is 0 Å². The maximum absolute atomic E-state index is 8.34. The fourth-order valence-corrected chi connectivity index (χ4v) is 1.19. The number of thiol groups is 1. The third-order valence-corrected chi connectivity index (χ3v) is 1.93. The minimum absolute atomic E-state index is 0.567. The summed E-state index contributed by atoms with van der Waals surface area (Å²) in [5.41, 5.74) is 1.15. The van der Waals surface area contributed by atoms with Crippen LogP contribution < -0.4 is 0 Å². The fraction of sp³-hybridized carbons (Fsp3) is 0.222. The number of hydrogen-bond donors (Lipinski definition) is 1. The molecule has 2 heteroatoms. The fourth-order valence-electron chi connectivity index (χ4n) is 0.913. The van der Waals surface area contributed by atoms with Crippen LogP contribution in [0.1, 0.15) is 12.0 Å². The Labute approximate surface area is 72.1 Å². The topological polar surface area (TPSA) is 23.8 Å². The Kier molecular flexibility index (Phi) is 3.00. The lowest BCUT2D eigenvalue weighted by atomic mass is 10.1. The van der Waals surface area contributed by atoms with Crippen LogP contribution in [0.15, 0.2) is 29.2 Å². The van der Waals surface area contributed by atoms with Gasteiger partial charge in [0.1, 0.15) is 0 Å². The summed E-state index contributed by atoms with van der Waals surface area (Å²) < 4.78 is 0. The predicted molar refractivity (Wildman–Crippen MR) is 47.6 cm³/mol. The van der Waals surface area contributed by atoms with Gasteiger partial charge in [-0.05, 0) is 18.1 Å². The van der Waals surface area contributed by atoms with Crippen molar-refractivity contribution in [3.05, 3.63) is 29.8 Å². The highest BCUT2D eigenvalue weighted by atomic mass is 32.1. The first-order chi connectivity index (χ1) is 5.34. The number of nitrogens with zero attached hydrogens (tertiary/aromatic N) is 1. The molecular formula is C9H9NS. The van der Waals surface area contributed by atoms with E-state index in [1.165, 1.54) is 0 Å². The Morgan fingerprint density at radius 1 is 1.36 bits per heavy atom. The van der Waals surface area contributed by atoms with Crippen LogP contribution in [0.5, 0.6) is 0 Å². The van der Waals surface area contributed by atoms with Crippen molar-refractivity contribution in [2.24, 2.45) is 0 Å². The Morgan fingerprint density at radius 3 is 2.73 bits per heavy atom. The van der Waals surface area contributed by atoms with Gasteiger partial charge < -0.3 is 0 Å². The molecule has 0 aliphatic heterocycles. The first-order valence-electron chi connectivity index (χ1n) is 3.48. The van der Waals surface area contributed by atoms with Gasteiger partial charge >= 0.3 is 0 Å². The smallest absolute Gasteiger partial charge is 0.0625 e. The molecule has 1 aromatic carbocycles. The first kappa shape index (κ1) is 8.16. The van der Waals surface area contributed by atoms with E-state index in [4.69, 9.17) is 5.26 Å². The van der Waals surface area contributed by atoms with E-state index in [-0.39, 0.29) is 0 Å². The number of hydrogen-bond acceptors (Lipinski definition) is 2. The Bertz CT molecular complexity index is 275. The Balaban J connectivity index is 2.71. The van der Waals surface area contributed by atoms with Crippen molar-refractivity contribution < 1.29 is 0 Å². The van der Waals surface area contributed by atoms with E-state index in [1.54, 1.807) is 0 Å². The lowest BCUT2D eigenvalue weighted by Gasteiger charge is -1.99. The molecule has 0 aliphatic rings. The largest absolute Gasteiger partial charge is 0.198 e. The van der Waals surface area contributed by atoms with Gasteiger partial charge in [0, 0.05) is 11.3 Å². The second kappa shape index (κ2) is 4.05. The number of benzene rings is 1. The molecular weight excluding hydrogens is 154 g/mol. The SMILES string of the molecule is N#CCCc1ccccc1S. The van der Waals surface area contributed by atoms with Crippen molar-refractivity contribution in [2.75, 3.05) is 0 Å². The number of aryl methyl sites for hydroxylation is 1. The van der Waals surface area contributed by atoms with E-state index >= 15 is 0 Å². The first-order valence-corrected chi connectivity index (χ1v) is 3.93. The van der Waals surface area contributed by atoms with Crippen molar-refractivity contribution in [2.45, 2.75) is 17.7 Å². The third kappa shape index (κ3) is 2.28. The molecule has 0 spiro atoms. The lowest BCUT2D eigenvalue weighted by Crippen LogP contribution is -1.84. The molecule has 0 bridgehead atoms. The van der Waals surface area contributed by atoms with Gasteiger partial charge in [-0.1, -0.05) is 18.2 Å². The molecule has 0 fully saturated rings. The molecule has 56 valence electrons. The average molecular weight is 163 g/mol. The second-order valence-corrected chi connectivity index (χ2v) is 2.77. The summed E-state index contributed by atoms with van der Waals surface area (Å²) in [6, 6.07) is 9.96. The number of rotatable bonds is 2. The zero-order valence-electron chi connectivity index (χ0n) is 6.12. The van der Waals surface area contributed by atoms with Gasteiger partial charge in [0.2, 0.25) is 0 Å². The molecule has 0 saturated heterocycles. The minimum atomic E-state index is 0.567. The van der Waals surface area contributed by atoms with Crippen molar-refractivity contribution in [1.82, 2.24) is 0 Å². The van der Waals surface area contributed by atoms with Gasteiger partial charge in [-0.2, -0.15) is 5.26 Å². The van der Waals surface area contributed by atoms with Crippen molar-refractivity contribution in [1.29, 1.82) is 5.26 Å². The van der Waals surface area contributed by atoms with Crippen LogP contribution in [0, 0.1) is 11.3 Å². The number of nitriles is 1. The molecule has 11 heavy (non-hydrogen) atoms. The second-order valence-electron chi connectivity index (χ2n) is 2.29. The monoisotopic (exact) mass is 163 g/mol.